The topological polar surface area (TPSA) is 61.1 Å². The van der Waals surface area contributed by atoms with Crippen LogP contribution in [-0.4, -0.2) is 41.9 Å². The first kappa shape index (κ1) is 26.5. The zero-order chi connectivity index (χ0) is 26.8. The molecular weight excluding hydrogens is 498 g/mol. The molecule has 0 atom stereocenters. The van der Waals surface area contributed by atoms with Crippen LogP contribution in [0.3, 0.4) is 0 Å². The van der Waals surface area contributed by atoms with Crippen molar-refractivity contribution in [1.29, 1.82) is 5.41 Å². The Labute approximate surface area is 208 Å². The molecule has 0 spiro atoms. The molecule has 4 rings (SSSR count). The Morgan fingerprint density at radius 1 is 0.919 bits per heavy atom. The first-order valence-electron chi connectivity index (χ1n) is 11.6. The minimum atomic E-state index is -5.05. The number of nitrogens with one attached hydrogen (secondary N) is 2. The van der Waals surface area contributed by atoms with E-state index in [1.54, 1.807) is 18.2 Å². The molecule has 1 aliphatic rings. The number of hydrogen-bond acceptors (Lipinski definition) is 4. The summed E-state index contributed by atoms with van der Waals surface area (Å²) < 4.78 is 80.8. The summed E-state index contributed by atoms with van der Waals surface area (Å²) in [4.78, 5) is 15.2. The molecule has 3 aromatic rings. The molecule has 11 heteroatoms. The molecule has 1 aromatic heterocycles. The van der Waals surface area contributed by atoms with Crippen molar-refractivity contribution in [2.45, 2.75) is 25.2 Å². The first-order chi connectivity index (χ1) is 17.5. The van der Waals surface area contributed by atoms with Gasteiger partial charge in [-0.2, -0.15) is 26.3 Å². The van der Waals surface area contributed by atoms with Crippen molar-refractivity contribution in [1.82, 2.24) is 9.47 Å². The van der Waals surface area contributed by atoms with E-state index in [1.165, 1.54) is 29.7 Å². The summed E-state index contributed by atoms with van der Waals surface area (Å²) in [5.41, 5.74) is -2.63. The van der Waals surface area contributed by atoms with E-state index in [0.29, 0.717) is 29.5 Å². The SMILES string of the molecule is N=Cc1cc(-n2ccc(-c3ccc(C(F)(F)F)cc3C(F)(F)F)cc2=O)ccc1NCCN1CCCC1. The van der Waals surface area contributed by atoms with Crippen LogP contribution in [0, 0.1) is 5.41 Å². The number of alkyl halides is 6. The van der Waals surface area contributed by atoms with Gasteiger partial charge in [-0.15, -0.1) is 0 Å². The molecule has 0 unspecified atom stereocenters. The second-order valence-corrected chi connectivity index (χ2v) is 8.77. The second-order valence-electron chi connectivity index (χ2n) is 8.77. The van der Waals surface area contributed by atoms with E-state index < -0.39 is 34.6 Å². The zero-order valence-corrected chi connectivity index (χ0v) is 19.6. The highest BCUT2D eigenvalue weighted by Crippen LogP contribution is 2.40. The average molecular weight is 522 g/mol. The van der Waals surface area contributed by atoms with E-state index in [1.807, 2.05) is 0 Å². The highest BCUT2D eigenvalue weighted by Gasteiger charge is 2.38. The Bertz CT molecular complexity index is 1340. The number of pyridine rings is 1. The van der Waals surface area contributed by atoms with Gasteiger partial charge in [-0.25, -0.2) is 0 Å². The van der Waals surface area contributed by atoms with Crippen LogP contribution in [0.15, 0.2) is 59.5 Å². The molecule has 2 aromatic carbocycles. The molecule has 0 radical (unpaired) electrons. The van der Waals surface area contributed by atoms with Gasteiger partial charge in [0.25, 0.3) is 5.56 Å². The quantitative estimate of drug-likeness (QED) is 0.294. The molecule has 0 saturated carbocycles. The van der Waals surface area contributed by atoms with Crippen molar-refractivity contribution in [3.63, 3.8) is 0 Å². The second kappa shape index (κ2) is 10.4. The molecule has 196 valence electrons. The van der Waals surface area contributed by atoms with Gasteiger partial charge in [-0.05, 0) is 73.5 Å². The van der Waals surface area contributed by atoms with Crippen LogP contribution in [0.2, 0.25) is 0 Å². The fourth-order valence-corrected chi connectivity index (χ4v) is 4.40. The fraction of sp³-hybridized carbons (Fsp3) is 0.308. The standard InChI is InChI=1S/C26H24F6N4O/c27-25(28,29)19-3-5-21(22(15-19)26(30,31)32)17-7-11-36(24(37)14-17)20-4-6-23(18(13-20)16-33)34-8-12-35-9-1-2-10-35/h3-7,11,13-16,33-34H,1-2,8-10,12H2. The van der Waals surface area contributed by atoms with Crippen LogP contribution >= 0.6 is 0 Å². The molecular formula is C26H24F6N4O. The Morgan fingerprint density at radius 2 is 1.65 bits per heavy atom. The molecule has 0 amide bonds. The molecule has 2 heterocycles. The van der Waals surface area contributed by atoms with Crippen molar-refractivity contribution in [2.24, 2.45) is 0 Å². The Hall–Kier alpha value is -3.60. The van der Waals surface area contributed by atoms with Crippen LogP contribution < -0.4 is 10.9 Å². The number of hydrogen-bond donors (Lipinski definition) is 2. The Balaban J connectivity index is 1.61. The van der Waals surface area contributed by atoms with Crippen molar-refractivity contribution in [3.8, 4) is 16.8 Å². The summed E-state index contributed by atoms with van der Waals surface area (Å²) in [7, 11) is 0. The highest BCUT2D eigenvalue weighted by atomic mass is 19.4. The van der Waals surface area contributed by atoms with E-state index in [0.717, 1.165) is 38.0 Å². The van der Waals surface area contributed by atoms with Gasteiger partial charge in [-0.3, -0.25) is 9.36 Å². The number of rotatable bonds is 7. The minimum absolute atomic E-state index is 0.0483. The van der Waals surface area contributed by atoms with Gasteiger partial charge in [0.2, 0.25) is 0 Å². The number of likely N-dealkylation sites (tertiary alicyclic amines) is 1. The summed E-state index contributed by atoms with van der Waals surface area (Å²) >= 11 is 0. The van der Waals surface area contributed by atoms with Gasteiger partial charge < -0.3 is 15.6 Å². The number of benzene rings is 2. The number of nitrogens with zero attached hydrogens (tertiary/aromatic N) is 2. The molecule has 1 fully saturated rings. The third-order valence-corrected chi connectivity index (χ3v) is 6.29. The third kappa shape index (κ3) is 6.04. The fourth-order valence-electron chi connectivity index (χ4n) is 4.40. The largest absolute Gasteiger partial charge is 0.417 e. The summed E-state index contributed by atoms with van der Waals surface area (Å²) in [6, 6.07) is 8.49. The van der Waals surface area contributed by atoms with Crippen molar-refractivity contribution in [3.05, 3.63) is 81.8 Å². The molecule has 5 nitrogen and oxygen atoms in total. The van der Waals surface area contributed by atoms with Gasteiger partial charge in [0.15, 0.2) is 0 Å². The van der Waals surface area contributed by atoms with Crippen molar-refractivity contribution < 1.29 is 26.3 Å². The van der Waals surface area contributed by atoms with Gasteiger partial charge >= 0.3 is 12.4 Å². The summed E-state index contributed by atoms with van der Waals surface area (Å²) in [5, 5.41) is 11.0. The Morgan fingerprint density at radius 3 is 2.27 bits per heavy atom. The summed E-state index contributed by atoms with van der Waals surface area (Å²) in [6.07, 6.45) is -5.22. The van der Waals surface area contributed by atoms with Crippen molar-refractivity contribution >= 4 is 11.9 Å². The van der Waals surface area contributed by atoms with Gasteiger partial charge in [-0.1, -0.05) is 6.07 Å². The van der Waals surface area contributed by atoms with Crippen LogP contribution in [-0.2, 0) is 12.4 Å². The lowest BCUT2D eigenvalue weighted by Crippen LogP contribution is -2.26. The summed E-state index contributed by atoms with van der Waals surface area (Å²) in [5.74, 6) is 0. The highest BCUT2D eigenvalue weighted by molar-refractivity contribution is 5.86. The normalized spacial score (nSPS) is 14.6. The van der Waals surface area contributed by atoms with E-state index in [-0.39, 0.29) is 11.6 Å². The molecule has 37 heavy (non-hydrogen) atoms. The monoisotopic (exact) mass is 522 g/mol. The Kier molecular flexibility index (Phi) is 7.44. The molecule has 0 aliphatic carbocycles. The maximum Gasteiger partial charge on any atom is 0.417 e. The van der Waals surface area contributed by atoms with E-state index in [2.05, 4.69) is 10.2 Å². The predicted octanol–water partition coefficient (Wildman–Crippen LogP) is 6.05. The first-order valence-corrected chi connectivity index (χ1v) is 11.6. The van der Waals surface area contributed by atoms with Gasteiger partial charge in [0.1, 0.15) is 0 Å². The molecule has 2 N–H and O–H groups in total. The zero-order valence-electron chi connectivity index (χ0n) is 19.6. The average Bonchev–Trinajstić information content (AvgIpc) is 3.36. The lowest BCUT2D eigenvalue weighted by atomic mass is 9.97. The lowest BCUT2D eigenvalue weighted by Gasteiger charge is -2.17. The van der Waals surface area contributed by atoms with Crippen LogP contribution in [0.25, 0.3) is 16.8 Å². The van der Waals surface area contributed by atoms with Gasteiger partial charge in [0, 0.05) is 48.5 Å². The van der Waals surface area contributed by atoms with E-state index >= 15 is 0 Å². The van der Waals surface area contributed by atoms with Crippen LogP contribution in [0.1, 0.15) is 29.5 Å². The summed E-state index contributed by atoms with van der Waals surface area (Å²) in [6.45, 7) is 3.68. The molecule has 1 saturated heterocycles. The maximum absolute atomic E-state index is 13.6. The van der Waals surface area contributed by atoms with Gasteiger partial charge in [0.05, 0.1) is 11.1 Å². The third-order valence-electron chi connectivity index (χ3n) is 6.29. The van der Waals surface area contributed by atoms with Crippen LogP contribution in [0.5, 0.6) is 0 Å². The smallest absolute Gasteiger partial charge is 0.383 e. The molecule has 0 bridgehead atoms. The maximum atomic E-state index is 13.6. The minimum Gasteiger partial charge on any atom is -0.383 e. The molecule has 1 aliphatic heterocycles. The van der Waals surface area contributed by atoms with E-state index in [4.69, 9.17) is 5.41 Å². The van der Waals surface area contributed by atoms with Crippen LogP contribution in [0.4, 0.5) is 32.0 Å². The van der Waals surface area contributed by atoms with Crippen molar-refractivity contribution in [2.75, 3.05) is 31.5 Å². The predicted molar refractivity (Wildman–Crippen MR) is 130 cm³/mol. The number of anilines is 1. The van der Waals surface area contributed by atoms with E-state index in [9.17, 15) is 31.1 Å². The number of aromatic nitrogens is 1. The number of halogens is 6. The lowest BCUT2D eigenvalue weighted by molar-refractivity contribution is -0.142.